The Morgan fingerprint density at radius 1 is 1.68 bits per heavy atom. The van der Waals surface area contributed by atoms with Crippen molar-refractivity contribution in [3.05, 3.63) is 10.6 Å². The van der Waals surface area contributed by atoms with Gasteiger partial charge < -0.3 is 20.5 Å². The highest BCUT2D eigenvalue weighted by atomic mass is 32.1. The van der Waals surface area contributed by atoms with Crippen molar-refractivity contribution in [2.45, 2.75) is 32.5 Å². The number of amides is 1. The number of carbonyl (C=O) groups excluding carboxylic acids is 1. The SMILES string of the molecule is Cc1nc(N)sc1C(=O)N1CC(CO)OC(C)(C)C1. The second kappa shape index (κ2) is 5.07. The number of hydrogen-bond donors (Lipinski definition) is 2. The van der Waals surface area contributed by atoms with Gasteiger partial charge in [-0.2, -0.15) is 0 Å². The van der Waals surface area contributed by atoms with Crippen molar-refractivity contribution in [3.8, 4) is 0 Å². The number of aliphatic hydroxyl groups excluding tert-OH is 1. The summed E-state index contributed by atoms with van der Waals surface area (Å²) in [4.78, 5) is 18.8. The average molecular weight is 285 g/mol. The molecule has 2 heterocycles. The molecule has 6 nitrogen and oxygen atoms in total. The summed E-state index contributed by atoms with van der Waals surface area (Å²) < 4.78 is 5.69. The molecule has 0 aromatic carbocycles. The summed E-state index contributed by atoms with van der Waals surface area (Å²) in [6.07, 6.45) is -0.349. The van der Waals surface area contributed by atoms with E-state index in [4.69, 9.17) is 10.5 Å². The standard InChI is InChI=1S/C12H19N3O3S/c1-7-9(19-11(13)14-7)10(17)15-4-8(5-16)18-12(2,3)6-15/h8,16H,4-6H2,1-3H3,(H2,13,14). The minimum absolute atomic E-state index is 0.0958. The summed E-state index contributed by atoms with van der Waals surface area (Å²) in [5.41, 5.74) is 5.81. The van der Waals surface area contributed by atoms with E-state index in [2.05, 4.69) is 4.98 Å². The predicted octanol–water partition coefficient (Wildman–Crippen LogP) is 0.646. The number of hydrogen-bond acceptors (Lipinski definition) is 6. The Hall–Kier alpha value is -1.18. The molecular formula is C12H19N3O3S. The van der Waals surface area contributed by atoms with E-state index >= 15 is 0 Å². The van der Waals surface area contributed by atoms with Crippen molar-refractivity contribution in [1.82, 2.24) is 9.88 Å². The van der Waals surface area contributed by atoms with E-state index in [0.717, 1.165) is 0 Å². The number of aromatic nitrogens is 1. The van der Waals surface area contributed by atoms with E-state index in [1.165, 1.54) is 11.3 Å². The molecule has 3 N–H and O–H groups in total. The first-order valence-electron chi connectivity index (χ1n) is 6.13. The fourth-order valence-corrected chi connectivity index (χ4v) is 3.11. The van der Waals surface area contributed by atoms with Crippen LogP contribution < -0.4 is 5.73 Å². The van der Waals surface area contributed by atoms with Crippen LogP contribution in [-0.2, 0) is 4.74 Å². The molecule has 1 atom stereocenters. The Morgan fingerprint density at radius 2 is 2.37 bits per heavy atom. The van der Waals surface area contributed by atoms with Gasteiger partial charge >= 0.3 is 0 Å². The molecule has 2 rings (SSSR count). The van der Waals surface area contributed by atoms with Gasteiger partial charge in [-0.15, -0.1) is 0 Å². The molecule has 7 heteroatoms. The highest BCUT2D eigenvalue weighted by Crippen LogP contribution is 2.26. The zero-order valence-corrected chi connectivity index (χ0v) is 12.2. The Kier molecular flexibility index (Phi) is 3.80. The van der Waals surface area contributed by atoms with Gasteiger partial charge in [0.25, 0.3) is 5.91 Å². The molecule has 0 bridgehead atoms. The summed E-state index contributed by atoms with van der Waals surface area (Å²) in [7, 11) is 0. The number of nitrogens with zero attached hydrogens (tertiary/aromatic N) is 2. The maximum atomic E-state index is 12.5. The largest absolute Gasteiger partial charge is 0.394 e. The third kappa shape index (κ3) is 3.05. The molecule has 1 aliphatic rings. The number of anilines is 1. The second-order valence-corrected chi connectivity index (χ2v) is 6.37. The highest BCUT2D eigenvalue weighted by molar-refractivity contribution is 7.17. The van der Waals surface area contributed by atoms with Gasteiger partial charge in [0.2, 0.25) is 0 Å². The Balaban J connectivity index is 2.21. The normalized spacial score (nSPS) is 22.5. The number of rotatable bonds is 2. The topological polar surface area (TPSA) is 88.7 Å². The molecular weight excluding hydrogens is 266 g/mol. The lowest BCUT2D eigenvalue weighted by molar-refractivity contribution is -0.139. The van der Waals surface area contributed by atoms with Crippen LogP contribution in [0.2, 0.25) is 0 Å². The van der Waals surface area contributed by atoms with Gasteiger partial charge in [0.1, 0.15) is 4.88 Å². The zero-order chi connectivity index (χ0) is 14.2. The molecule has 1 fully saturated rings. The summed E-state index contributed by atoms with van der Waals surface area (Å²) in [6, 6.07) is 0. The summed E-state index contributed by atoms with van der Waals surface area (Å²) >= 11 is 1.20. The number of thiazole rings is 1. The van der Waals surface area contributed by atoms with E-state index in [0.29, 0.717) is 28.8 Å². The molecule has 1 aromatic heterocycles. The molecule has 106 valence electrons. The lowest BCUT2D eigenvalue weighted by Gasteiger charge is -2.42. The summed E-state index contributed by atoms with van der Waals surface area (Å²) in [5.74, 6) is -0.0958. The van der Waals surface area contributed by atoms with Crippen LogP contribution in [0.15, 0.2) is 0 Å². The van der Waals surface area contributed by atoms with Gasteiger partial charge in [-0.05, 0) is 20.8 Å². The van der Waals surface area contributed by atoms with Gasteiger partial charge in [0.15, 0.2) is 5.13 Å². The Morgan fingerprint density at radius 3 is 2.89 bits per heavy atom. The van der Waals surface area contributed by atoms with Gasteiger partial charge in [-0.3, -0.25) is 4.79 Å². The van der Waals surface area contributed by atoms with Crippen molar-refractivity contribution < 1.29 is 14.6 Å². The van der Waals surface area contributed by atoms with Gasteiger partial charge in [0, 0.05) is 13.1 Å². The van der Waals surface area contributed by atoms with Crippen molar-refractivity contribution in [2.24, 2.45) is 0 Å². The van der Waals surface area contributed by atoms with Crippen LogP contribution in [0.4, 0.5) is 5.13 Å². The number of nitrogens with two attached hydrogens (primary N) is 1. The Labute approximate surface area is 116 Å². The van der Waals surface area contributed by atoms with Crippen LogP contribution in [0.25, 0.3) is 0 Å². The first-order chi connectivity index (χ1) is 8.82. The predicted molar refractivity (Wildman–Crippen MR) is 73.2 cm³/mol. The lowest BCUT2D eigenvalue weighted by Crippen LogP contribution is -2.55. The minimum atomic E-state index is -0.467. The molecule has 0 saturated carbocycles. The second-order valence-electron chi connectivity index (χ2n) is 5.33. The quantitative estimate of drug-likeness (QED) is 0.832. The van der Waals surface area contributed by atoms with Crippen LogP contribution in [0.1, 0.15) is 29.2 Å². The van der Waals surface area contributed by atoms with Gasteiger partial charge in [-0.25, -0.2) is 4.98 Å². The number of aryl methyl sites for hydroxylation is 1. The molecule has 1 aliphatic heterocycles. The van der Waals surface area contributed by atoms with Crippen molar-refractivity contribution in [1.29, 1.82) is 0 Å². The first kappa shape index (κ1) is 14.2. The molecule has 1 saturated heterocycles. The van der Waals surface area contributed by atoms with E-state index in [1.807, 2.05) is 13.8 Å². The van der Waals surface area contributed by atoms with E-state index < -0.39 is 5.60 Å². The number of carbonyl (C=O) groups is 1. The van der Waals surface area contributed by atoms with Crippen molar-refractivity contribution >= 4 is 22.4 Å². The molecule has 0 radical (unpaired) electrons. The smallest absolute Gasteiger partial charge is 0.266 e. The third-order valence-electron chi connectivity index (χ3n) is 2.98. The monoisotopic (exact) mass is 285 g/mol. The van der Waals surface area contributed by atoms with Crippen LogP contribution in [0.3, 0.4) is 0 Å². The Bertz CT molecular complexity index is 487. The van der Waals surface area contributed by atoms with E-state index in [-0.39, 0.29) is 18.6 Å². The number of ether oxygens (including phenoxy) is 1. The van der Waals surface area contributed by atoms with Gasteiger partial charge in [0.05, 0.1) is 24.0 Å². The fraction of sp³-hybridized carbons (Fsp3) is 0.667. The van der Waals surface area contributed by atoms with Crippen molar-refractivity contribution in [2.75, 3.05) is 25.4 Å². The number of aliphatic hydroxyl groups is 1. The molecule has 1 aromatic rings. The summed E-state index contributed by atoms with van der Waals surface area (Å²) in [5, 5.41) is 9.65. The molecule has 19 heavy (non-hydrogen) atoms. The third-order valence-corrected chi connectivity index (χ3v) is 3.95. The van der Waals surface area contributed by atoms with E-state index in [9.17, 15) is 9.90 Å². The maximum Gasteiger partial charge on any atom is 0.266 e. The van der Waals surface area contributed by atoms with Crippen LogP contribution in [0, 0.1) is 6.92 Å². The number of nitrogen functional groups attached to an aromatic ring is 1. The lowest BCUT2D eigenvalue weighted by atomic mass is 10.0. The molecule has 1 unspecified atom stereocenters. The number of morpholine rings is 1. The molecule has 0 aliphatic carbocycles. The zero-order valence-electron chi connectivity index (χ0n) is 11.3. The molecule has 1 amide bonds. The molecule has 0 spiro atoms. The average Bonchev–Trinajstić information content (AvgIpc) is 2.65. The minimum Gasteiger partial charge on any atom is -0.394 e. The highest BCUT2D eigenvalue weighted by Gasteiger charge is 2.36. The van der Waals surface area contributed by atoms with E-state index in [1.54, 1.807) is 11.8 Å². The maximum absolute atomic E-state index is 12.5. The van der Waals surface area contributed by atoms with Gasteiger partial charge in [-0.1, -0.05) is 11.3 Å². The van der Waals surface area contributed by atoms with Crippen LogP contribution >= 0.6 is 11.3 Å². The first-order valence-corrected chi connectivity index (χ1v) is 6.95. The van der Waals surface area contributed by atoms with Crippen molar-refractivity contribution in [3.63, 3.8) is 0 Å². The van der Waals surface area contributed by atoms with Crippen LogP contribution in [0.5, 0.6) is 0 Å². The fourth-order valence-electron chi connectivity index (χ4n) is 2.30. The summed E-state index contributed by atoms with van der Waals surface area (Å²) in [6.45, 7) is 6.35. The van der Waals surface area contributed by atoms with Crippen LogP contribution in [-0.4, -0.2) is 52.3 Å².